The van der Waals surface area contributed by atoms with Gasteiger partial charge in [-0.1, -0.05) is 17.7 Å². The van der Waals surface area contributed by atoms with Crippen LogP contribution in [0.2, 0.25) is 5.02 Å². The third-order valence-corrected chi connectivity index (χ3v) is 10.1. The van der Waals surface area contributed by atoms with Gasteiger partial charge in [0.2, 0.25) is 5.78 Å². The van der Waals surface area contributed by atoms with Crippen molar-refractivity contribution in [1.82, 2.24) is 14.7 Å². The van der Waals surface area contributed by atoms with Crippen LogP contribution in [0.1, 0.15) is 54.9 Å². The smallest absolute Gasteiger partial charge is 0.335 e. The molecular weight excluding hydrogens is 556 g/mol. The maximum atomic E-state index is 13.6. The van der Waals surface area contributed by atoms with Crippen molar-refractivity contribution in [2.75, 3.05) is 12.4 Å². The molecule has 1 saturated carbocycles. The van der Waals surface area contributed by atoms with Gasteiger partial charge in [-0.25, -0.2) is 9.97 Å². The van der Waals surface area contributed by atoms with E-state index in [1.807, 2.05) is 36.9 Å². The number of aromatic nitrogens is 2. The molecule has 5 rings (SSSR count). The number of nitrogens with one attached hydrogen (secondary N) is 2. The van der Waals surface area contributed by atoms with E-state index in [-0.39, 0.29) is 29.9 Å². The van der Waals surface area contributed by atoms with Crippen LogP contribution in [-0.4, -0.2) is 54.6 Å². The van der Waals surface area contributed by atoms with E-state index >= 15 is 0 Å². The number of carbonyl (C=O) groups excluding carboxylic acids is 1. The third-order valence-electron chi connectivity index (χ3n) is 6.53. The van der Waals surface area contributed by atoms with Gasteiger partial charge in [-0.15, -0.1) is 23.1 Å². The topological polar surface area (TPSA) is 131 Å². The van der Waals surface area contributed by atoms with Gasteiger partial charge < -0.3 is 10.4 Å². The molecule has 0 radical (unpaired) electrons. The van der Waals surface area contributed by atoms with Gasteiger partial charge in [-0.05, 0) is 54.7 Å². The highest BCUT2D eigenvalue weighted by atomic mass is 35.5. The fourth-order valence-electron chi connectivity index (χ4n) is 4.68. The van der Waals surface area contributed by atoms with E-state index in [4.69, 9.17) is 15.8 Å². The summed E-state index contributed by atoms with van der Waals surface area (Å²) in [6.45, 7) is 2.01. The number of rotatable bonds is 8. The molecule has 4 atom stereocenters. The highest BCUT2D eigenvalue weighted by Gasteiger charge is 2.37. The SMILES string of the molecule is CNS(=O)(=O)O[C@@H]1C[C@H](Nc2ncncc2C(=O)c2cc([C@H]3SCc4ccc(Cl)cc43)c(C)s2)C[C@@H]1O. The fraction of sp³-hybridized carbons (Fsp3) is 0.375. The predicted molar refractivity (Wildman–Crippen MR) is 145 cm³/mol. The molecule has 0 unspecified atom stereocenters. The average molecular weight is 581 g/mol. The Bertz CT molecular complexity index is 1450. The monoisotopic (exact) mass is 580 g/mol. The number of fused-ring (bicyclic) bond motifs is 1. The maximum Gasteiger partial charge on any atom is 0.335 e. The van der Waals surface area contributed by atoms with Crippen LogP contribution in [0.3, 0.4) is 0 Å². The molecule has 0 amide bonds. The number of anilines is 1. The number of aliphatic hydroxyl groups is 1. The van der Waals surface area contributed by atoms with E-state index < -0.39 is 22.5 Å². The van der Waals surface area contributed by atoms with Gasteiger partial charge in [0.25, 0.3) is 0 Å². The Morgan fingerprint density at radius 1 is 1.24 bits per heavy atom. The standard InChI is InChI=1S/C24H25ClN4O5S3/c1-12-16(23-17-5-14(25)4-3-13(17)10-35-23)8-21(36-12)22(31)18-9-27-11-28-24(18)29-15-6-19(30)20(7-15)34-37(32,33)26-2/h3-5,8-9,11,15,19-20,23,26,30H,6-7,10H2,1-2H3,(H,27,28,29)/t15-,19+,20-,23-/m1/s1. The second kappa shape index (κ2) is 10.6. The van der Waals surface area contributed by atoms with Gasteiger partial charge in [0.1, 0.15) is 18.2 Å². The number of ketones is 1. The van der Waals surface area contributed by atoms with E-state index in [1.54, 1.807) is 0 Å². The second-order valence-electron chi connectivity index (χ2n) is 8.94. The summed E-state index contributed by atoms with van der Waals surface area (Å²) in [7, 11) is -2.71. The lowest BCUT2D eigenvalue weighted by Gasteiger charge is -2.15. The Kier molecular flexibility index (Phi) is 7.60. The summed E-state index contributed by atoms with van der Waals surface area (Å²) >= 11 is 9.50. The Hall–Kier alpha value is -2.06. The highest BCUT2D eigenvalue weighted by Crippen LogP contribution is 2.49. The molecule has 196 valence electrons. The van der Waals surface area contributed by atoms with Crippen LogP contribution in [0.5, 0.6) is 0 Å². The number of benzene rings is 1. The number of thiophene rings is 1. The Morgan fingerprint density at radius 3 is 2.84 bits per heavy atom. The quantitative estimate of drug-likeness (QED) is 0.340. The molecule has 13 heteroatoms. The summed E-state index contributed by atoms with van der Waals surface area (Å²) in [5.74, 6) is 1.01. The Morgan fingerprint density at radius 2 is 2.05 bits per heavy atom. The highest BCUT2D eigenvalue weighted by molar-refractivity contribution is 7.99. The number of aryl methyl sites for hydroxylation is 1. The van der Waals surface area contributed by atoms with Crippen molar-refractivity contribution in [1.29, 1.82) is 0 Å². The van der Waals surface area contributed by atoms with Gasteiger partial charge in [-0.3, -0.25) is 8.98 Å². The summed E-state index contributed by atoms with van der Waals surface area (Å²) in [6.07, 6.45) is 1.39. The van der Waals surface area contributed by atoms with Crippen LogP contribution in [0.25, 0.3) is 0 Å². The van der Waals surface area contributed by atoms with Crippen LogP contribution in [-0.2, 0) is 20.2 Å². The molecule has 1 aliphatic carbocycles. The fourth-order valence-corrected chi connectivity index (χ4v) is 8.01. The molecule has 2 aliphatic rings. The molecule has 3 heterocycles. The van der Waals surface area contributed by atoms with E-state index in [0.29, 0.717) is 21.3 Å². The summed E-state index contributed by atoms with van der Waals surface area (Å²) < 4.78 is 30.6. The minimum Gasteiger partial charge on any atom is -0.390 e. The normalized spacial score (nSPS) is 23.2. The zero-order valence-corrected chi connectivity index (χ0v) is 23.2. The lowest BCUT2D eigenvalue weighted by Crippen LogP contribution is -2.31. The number of hydrogen-bond acceptors (Lipinski definition) is 10. The van der Waals surface area contributed by atoms with Crippen molar-refractivity contribution in [3.8, 4) is 0 Å². The molecule has 0 bridgehead atoms. The Balaban J connectivity index is 1.36. The largest absolute Gasteiger partial charge is 0.390 e. The van der Waals surface area contributed by atoms with E-state index in [1.165, 1.54) is 42.0 Å². The molecule has 1 aliphatic heterocycles. The number of nitrogens with zero attached hydrogens (tertiary/aromatic N) is 2. The van der Waals surface area contributed by atoms with Crippen molar-refractivity contribution in [2.24, 2.45) is 0 Å². The molecule has 37 heavy (non-hydrogen) atoms. The second-order valence-corrected chi connectivity index (χ2v) is 13.2. The van der Waals surface area contributed by atoms with Crippen LogP contribution >= 0.6 is 34.7 Å². The zero-order chi connectivity index (χ0) is 26.3. The first-order chi connectivity index (χ1) is 17.6. The molecule has 9 nitrogen and oxygen atoms in total. The molecule has 1 aromatic carbocycles. The van der Waals surface area contributed by atoms with Crippen LogP contribution in [0.15, 0.2) is 36.8 Å². The molecule has 0 saturated heterocycles. The average Bonchev–Trinajstić information content (AvgIpc) is 3.55. The van der Waals surface area contributed by atoms with Crippen LogP contribution < -0.4 is 10.0 Å². The van der Waals surface area contributed by atoms with Crippen molar-refractivity contribution < 1.29 is 22.5 Å². The zero-order valence-electron chi connectivity index (χ0n) is 20.0. The lowest BCUT2D eigenvalue weighted by atomic mass is 10.00. The molecular formula is C24H25ClN4O5S3. The molecule has 3 aromatic rings. The molecule has 2 aromatic heterocycles. The lowest BCUT2D eigenvalue weighted by molar-refractivity contribution is 0.0636. The summed E-state index contributed by atoms with van der Waals surface area (Å²) in [6, 6.07) is 7.56. The number of thioether (sulfide) groups is 1. The Labute approximate surface area is 228 Å². The summed E-state index contributed by atoms with van der Waals surface area (Å²) in [4.78, 5) is 23.5. The number of halogens is 1. The van der Waals surface area contributed by atoms with Crippen molar-refractivity contribution >= 4 is 56.6 Å². The van der Waals surface area contributed by atoms with E-state index in [9.17, 15) is 18.3 Å². The van der Waals surface area contributed by atoms with Crippen molar-refractivity contribution in [3.63, 3.8) is 0 Å². The van der Waals surface area contributed by atoms with Gasteiger partial charge in [0.05, 0.1) is 21.8 Å². The number of carbonyl (C=O) groups is 1. The number of aliphatic hydroxyl groups excluding tert-OH is 1. The number of hydrogen-bond donors (Lipinski definition) is 3. The van der Waals surface area contributed by atoms with Crippen molar-refractivity contribution in [2.45, 2.75) is 49.0 Å². The van der Waals surface area contributed by atoms with Gasteiger partial charge in [0.15, 0.2) is 0 Å². The van der Waals surface area contributed by atoms with E-state index in [0.717, 1.165) is 16.2 Å². The van der Waals surface area contributed by atoms with Gasteiger partial charge in [-0.2, -0.15) is 13.1 Å². The molecule has 3 N–H and O–H groups in total. The first kappa shape index (κ1) is 26.5. The van der Waals surface area contributed by atoms with Crippen LogP contribution in [0, 0.1) is 6.92 Å². The van der Waals surface area contributed by atoms with Crippen molar-refractivity contribution in [3.05, 3.63) is 73.8 Å². The predicted octanol–water partition coefficient (Wildman–Crippen LogP) is 3.85. The first-order valence-electron chi connectivity index (χ1n) is 11.6. The van der Waals surface area contributed by atoms with Gasteiger partial charge in [0, 0.05) is 34.9 Å². The van der Waals surface area contributed by atoms with Gasteiger partial charge >= 0.3 is 10.3 Å². The summed E-state index contributed by atoms with van der Waals surface area (Å²) in [5, 5.41) is 14.3. The van der Waals surface area contributed by atoms with Crippen LogP contribution in [0.4, 0.5) is 5.82 Å². The third kappa shape index (κ3) is 5.56. The van der Waals surface area contributed by atoms with E-state index in [2.05, 4.69) is 26.1 Å². The molecule has 0 spiro atoms. The minimum absolute atomic E-state index is 0.113. The maximum absolute atomic E-state index is 13.6. The first-order valence-corrected chi connectivity index (χ1v) is 15.2. The minimum atomic E-state index is -3.94. The molecule has 1 fully saturated rings. The summed E-state index contributed by atoms with van der Waals surface area (Å²) in [5.41, 5.74) is 3.83.